The molecule has 0 aliphatic carbocycles. The molecule has 0 aliphatic heterocycles. The van der Waals surface area contributed by atoms with Gasteiger partial charge in [-0.05, 0) is 96.8 Å². The minimum atomic E-state index is -0.249. The molecule has 0 radical (unpaired) electrons. The molecule has 0 atom stereocenters. The van der Waals surface area contributed by atoms with Gasteiger partial charge in [0.1, 0.15) is 6.61 Å². The molecule has 1 amide bonds. The largest absolute Gasteiger partial charge is 0.493 e. The molecule has 0 fully saturated rings. The Hall–Kier alpha value is -3.11. The molecule has 0 saturated carbocycles. The molecule has 0 spiro atoms. The highest BCUT2D eigenvalue weighted by molar-refractivity contribution is 14.1. The monoisotopic (exact) mass is 643 g/mol. The second-order valence-electron chi connectivity index (χ2n) is 7.61. The van der Waals surface area contributed by atoms with Gasteiger partial charge in [0.05, 0.1) is 24.3 Å². The van der Waals surface area contributed by atoms with Crippen molar-refractivity contribution in [2.24, 2.45) is 5.10 Å². The number of nitrogens with one attached hydrogen (secondary N) is 2. The highest BCUT2D eigenvalue weighted by Crippen LogP contribution is 2.37. The minimum absolute atomic E-state index is 0.117. The molecule has 0 aromatic heterocycles. The lowest BCUT2D eigenvalue weighted by molar-refractivity contribution is -0.119. The van der Waals surface area contributed by atoms with Crippen LogP contribution in [0.5, 0.6) is 11.5 Å². The number of carbonyl (C=O) groups excluding carboxylic acids is 1. The Bertz CT molecular complexity index is 1350. The summed E-state index contributed by atoms with van der Waals surface area (Å²) in [5, 5.41) is 9.44. The Morgan fingerprint density at radius 1 is 1.06 bits per heavy atom. The van der Waals surface area contributed by atoms with E-state index in [1.807, 2.05) is 54.6 Å². The van der Waals surface area contributed by atoms with E-state index in [0.29, 0.717) is 18.1 Å². The number of carbonyl (C=O) groups is 1. The van der Waals surface area contributed by atoms with E-state index in [0.717, 1.165) is 30.2 Å². The van der Waals surface area contributed by atoms with Crippen molar-refractivity contribution in [3.05, 3.63) is 98.0 Å². The van der Waals surface area contributed by atoms with E-state index in [1.54, 1.807) is 13.3 Å². The topological polar surface area (TPSA) is 72.0 Å². The molecule has 0 aliphatic rings. The molecule has 0 unspecified atom stereocenters. The van der Waals surface area contributed by atoms with Gasteiger partial charge in [0.25, 0.3) is 5.91 Å². The zero-order valence-electron chi connectivity index (χ0n) is 18.9. The molecule has 0 heterocycles. The van der Waals surface area contributed by atoms with Crippen LogP contribution in [-0.4, -0.2) is 25.8 Å². The standard InChI is InChI=1S/C27H23BrIN3O3/c1-34-25-14-18(15-31-32-26(33)16-30-22-11-9-21(29)10-12-22)13-24(28)27(25)35-17-20-7-4-6-19-5-2-3-8-23(19)20/h2-15,30H,16-17H2,1H3,(H,32,33)/b31-15-. The van der Waals surface area contributed by atoms with E-state index in [-0.39, 0.29) is 12.5 Å². The number of fused-ring (bicyclic) bond motifs is 1. The summed E-state index contributed by atoms with van der Waals surface area (Å²) in [5.41, 5.74) is 5.23. The van der Waals surface area contributed by atoms with Crippen LogP contribution in [0.4, 0.5) is 5.69 Å². The molecule has 4 aromatic rings. The number of hydrogen-bond acceptors (Lipinski definition) is 5. The third kappa shape index (κ3) is 6.73. The van der Waals surface area contributed by atoms with Crippen molar-refractivity contribution < 1.29 is 14.3 Å². The van der Waals surface area contributed by atoms with Gasteiger partial charge >= 0.3 is 0 Å². The van der Waals surface area contributed by atoms with Crippen LogP contribution in [0.25, 0.3) is 10.8 Å². The maximum Gasteiger partial charge on any atom is 0.259 e. The van der Waals surface area contributed by atoms with Crippen LogP contribution in [0.3, 0.4) is 0 Å². The second-order valence-corrected chi connectivity index (χ2v) is 9.71. The summed E-state index contributed by atoms with van der Waals surface area (Å²) in [4.78, 5) is 12.1. The van der Waals surface area contributed by atoms with E-state index >= 15 is 0 Å². The van der Waals surface area contributed by atoms with Crippen molar-refractivity contribution in [1.29, 1.82) is 0 Å². The van der Waals surface area contributed by atoms with Crippen molar-refractivity contribution in [3.63, 3.8) is 0 Å². The Balaban J connectivity index is 1.38. The third-order valence-corrected chi connectivity index (χ3v) is 6.51. The smallest absolute Gasteiger partial charge is 0.259 e. The Kier molecular flexibility index (Phi) is 8.59. The van der Waals surface area contributed by atoms with Gasteiger partial charge in [-0.3, -0.25) is 4.79 Å². The molecule has 178 valence electrons. The van der Waals surface area contributed by atoms with E-state index < -0.39 is 0 Å². The summed E-state index contributed by atoms with van der Waals surface area (Å²) in [5.74, 6) is 0.914. The molecule has 35 heavy (non-hydrogen) atoms. The van der Waals surface area contributed by atoms with Crippen LogP contribution in [0.1, 0.15) is 11.1 Å². The molecule has 2 N–H and O–H groups in total. The Labute approximate surface area is 226 Å². The SMILES string of the molecule is COc1cc(/C=N\NC(=O)CNc2ccc(I)cc2)cc(Br)c1OCc1cccc2ccccc12. The van der Waals surface area contributed by atoms with Crippen LogP contribution < -0.4 is 20.2 Å². The maximum atomic E-state index is 12.1. The van der Waals surface area contributed by atoms with Gasteiger partial charge in [-0.15, -0.1) is 0 Å². The Morgan fingerprint density at radius 2 is 1.83 bits per heavy atom. The summed E-state index contributed by atoms with van der Waals surface area (Å²) in [7, 11) is 1.59. The average Bonchev–Trinajstić information content (AvgIpc) is 2.87. The van der Waals surface area contributed by atoms with Crippen LogP contribution in [-0.2, 0) is 11.4 Å². The van der Waals surface area contributed by atoms with E-state index in [9.17, 15) is 4.79 Å². The van der Waals surface area contributed by atoms with Gasteiger partial charge in [0, 0.05) is 9.26 Å². The van der Waals surface area contributed by atoms with Crippen molar-refractivity contribution in [1.82, 2.24) is 5.43 Å². The summed E-state index contributed by atoms with van der Waals surface area (Å²) in [6, 6.07) is 25.8. The summed E-state index contributed by atoms with van der Waals surface area (Å²) >= 11 is 5.81. The summed E-state index contributed by atoms with van der Waals surface area (Å²) < 4.78 is 13.5. The number of benzene rings is 4. The van der Waals surface area contributed by atoms with Crippen molar-refractivity contribution in [2.75, 3.05) is 19.0 Å². The number of hydrogen-bond donors (Lipinski definition) is 2. The minimum Gasteiger partial charge on any atom is -0.493 e. The second kappa shape index (κ2) is 12.0. The fourth-order valence-electron chi connectivity index (χ4n) is 3.49. The number of rotatable bonds is 9. The van der Waals surface area contributed by atoms with Crippen LogP contribution in [0.2, 0.25) is 0 Å². The van der Waals surface area contributed by atoms with Crippen molar-refractivity contribution >= 4 is 67.1 Å². The van der Waals surface area contributed by atoms with Gasteiger partial charge in [-0.25, -0.2) is 5.43 Å². The van der Waals surface area contributed by atoms with Crippen molar-refractivity contribution in [2.45, 2.75) is 6.61 Å². The van der Waals surface area contributed by atoms with Crippen LogP contribution in [0.15, 0.2) is 88.4 Å². The summed E-state index contributed by atoms with van der Waals surface area (Å²) in [6.07, 6.45) is 1.56. The van der Waals surface area contributed by atoms with Gasteiger partial charge in [-0.1, -0.05) is 42.5 Å². The van der Waals surface area contributed by atoms with Crippen molar-refractivity contribution in [3.8, 4) is 11.5 Å². The molecule has 6 nitrogen and oxygen atoms in total. The average molecular weight is 644 g/mol. The number of hydrazone groups is 1. The molecule has 0 bridgehead atoms. The number of ether oxygens (including phenoxy) is 2. The number of methoxy groups -OCH3 is 1. The van der Waals surface area contributed by atoms with Gasteiger partial charge in [0.2, 0.25) is 0 Å². The predicted octanol–water partition coefficient (Wildman–Crippen LogP) is 6.36. The van der Waals surface area contributed by atoms with E-state index in [4.69, 9.17) is 9.47 Å². The highest BCUT2D eigenvalue weighted by atomic mass is 127. The molecular weight excluding hydrogens is 621 g/mol. The first-order valence-corrected chi connectivity index (χ1v) is 12.7. The zero-order chi connectivity index (χ0) is 24.6. The molecule has 4 rings (SSSR count). The first-order chi connectivity index (χ1) is 17.0. The third-order valence-electron chi connectivity index (χ3n) is 5.20. The highest BCUT2D eigenvalue weighted by Gasteiger charge is 2.12. The first kappa shape index (κ1) is 25.0. The van der Waals surface area contributed by atoms with Gasteiger partial charge < -0.3 is 14.8 Å². The molecule has 0 saturated heterocycles. The van der Waals surface area contributed by atoms with Gasteiger partial charge in [0.15, 0.2) is 11.5 Å². The fourth-order valence-corrected chi connectivity index (χ4v) is 4.42. The van der Waals surface area contributed by atoms with E-state index in [2.05, 4.69) is 78.6 Å². The van der Waals surface area contributed by atoms with Crippen LogP contribution in [0, 0.1) is 3.57 Å². The predicted molar refractivity (Wildman–Crippen MR) is 152 cm³/mol. The fraction of sp³-hybridized carbons (Fsp3) is 0.111. The molecule has 4 aromatic carbocycles. The lowest BCUT2D eigenvalue weighted by Crippen LogP contribution is -2.25. The zero-order valence-corrected chi connectivity index (χ0v) is 22.7. The Morgan fingerprint density at radius 3 is 2.63 bits per heavy atom. The normalized spacial score (nSPS) is 10.9. The lowest BCUT2D eigenvalue weighted by Gasteiger charge is -2.14. The molecular formula is C27H23BrIN3O3. The van der Waals surface area contributed by atoms with Crippen LogP contribution >= 0.6 is 38.5 Å². The van der Waals surface area contributed by atoms with E-state index in [1.165, 1.54) is 5.39 Å². The number of amides is 1. The maximum absolute atomic E-state index is 12.1. The number of halogens is 2. The number of anilines is 1. The molecule has 8 heteroatoms. The summed E-state index contributed by atoms with van der Waals surface area (Å²) in [6.45, 7) is 0.513. The van der Waals surface area contributed by atoms with Gasteiger partial charge in [-0.2, -0.15) is 5.10 Å². The first-order valence-electron chi connectivity index (χ1n) is 10.8. The quantitative estimate of drug-likeness (QED) is 0.127. The number of nitrogens with zero attached hydrogens (tertiary/aromatic N) is 1. The lowest BCUT2D eigenvalue weighted by atomic mass is 10.1.